The number of primary amides is 1. The van der Waals surface area contributed by atoms with Gasteiger partial charge < -0.3 is 26.0 Å². The highest BCUT2D eigenvalue weighted by atomic mass is 16.5. The number of carbonyl (C=O) groups is 3. The Labute approximate surface area is 206 Å². The molecule has 1 aromatic rings. The number of benzene rings is 1. The van der Waals surface area contributed by atoms with E-state index in [0.717, 1.165) is 37.9 Å². The van der Waals surface area contributed by atoms with Crippen LogP contribution in [0.5, 0.6) is 0 Å². The van der Waals surface area contributed by atoms with E-state index in [-0.39, 0.29) is 24.8 Å². The zero-order chi connectivity index (χ0) is 25.1. The van der Waals surface area contributed by atoms with Crippen molar-refractivity contribution in [2.75, 3.05) is 44.2 Å². The molecule has 2 amide bonds. The van der Waals surface area contributed by atoms with Crippen LogP contribution in [-0.2, 0) is 14.3 Å². The first-order valence-corrected chi connectivity index (χ1v) is 12.7. The number of piperazine rings is 1. The van der Waals surface area contributed by atoms with Crippen LogP contribution in [-0.4, -0.2) is 91.0 Å². The summed E-state index contributed by atoms with van der Waals surface area (Å²) in [7, 11) is 0. The van der Waals surface area contributed by atoms with E-state index in [1.165, 1.54) is 12.8 Å². The molecule has 9 heteroatoms. The monoisotopic (exact) mass is 483 g/mol. The number of Topliss-reactive ketones (excluding diaryl/α,β-unsaturated/α-hetero) is 1. The first-order valence-electron chi connectivity index (χ1n) is 12.7. The molecule has 3 heterocycles. The van der Waals surface area contributed by atoms with Crippen LogP contribution in [0.4, 0.5) is 5.69 Å². The number of ketones is 1. The van der Waals surface area contributed by atoms with Gasteiger partial charge in [0.2, 0.25) is 11.8 Å². The molecule has 0 unspecified atom stereocenters. The lowest BCUT2D eigenvalue weighted by Gasteiger charge is -2.38. The van der Waals surface area contributed by atoms with Gasteiger partial charge >= 0.3 is 0 Å². The zero-order valence-electron chi connectivity index (χ0n) is 20.9. The van der Waals surface area contributed by atoms with Crippen molar-refractivity contribution in [2.24, 2.45) is 16.9 Å². The van der Waals surface area contributed by atoms with Crippen LogP contribution in [0.1, 0.15) is 55.5 Å². The van der Waals surface area contributed by atoms with E-state index in [4.69, 9.17) is 16.2 Å². The number of fused-ring (bicyclic) bond motifs is 1. The molecule has 4 N–H and O–H groups in total. The summed E-state index contributed by atoms with van der Waals surface area (Å²) in [5, 5.41) is 0. The van der Waals surface area contributed by atoms with Crippen molar-refractivity contribution in [1.82, 2.24) is 9.80 Å². The number of likely N-dealkylation sites (tertiary alicyclic amines) is 1. The zero-order valence-corrected chi connectivity index (χ0v) is 20.9. The number of hydrogen-bond acceptors (Lipinski definition) is 7. The Balaban J connectivity index is 1.48. The van der Waals surface area contributed by atoms with E-state index in [1.54, 1.807) is 11.0 Å². The molecule has 3 saturated heterocycles. The number of hydrogen-bond donors (Lipinski definition) is 2. The molecule has 0 bridgehead atoms. The first kappa shape index (κ1) is 24.2. The van der Waals surface area contributed by atoms with Crippen molar-refractivity contribution >= 4 is 23.3 Å². The van der Waals surface area contributed by atoms with Crippen LogP contribution in [0.3, 0.4) is 0 Å². The summed E-state index contributed by atoms with van der Waals surface area (Å²) in [5.41, 5.74) is 13.4. The molecular weight excluding hydrogens is 446 g/mol. The van der Waals surface area contributed by atoms with Gasteiger partial charge in [-0.2, -0.15) is 0 Å². The van der Waals surface area contributed by atoms with Crippen LogP contribution in [0, 0.1) is 5.41 Å². The molecule has 0 radical (unpaired) electrons. The summed E-state index contributed by atoms with van der Waals surface area (Å²) < 4.78 is 5.59. The van der Waals surface area contributed by atoms with Gasteiger partial charge in [-0.1, -0.05) is 20.8 Å². The third-order valence-corrected chi connectivity index (χ3v) is 7.97. The van der Waals surface area contributed by atoms with Gasteiger partial charge in [-0.25, -0.2) is 0 Å². The minimum Gasteiger partial charge on any atom is -0.369 e. The summed E-state index contributed by atoms with van der Waals surface area (Å²) in [6.45, 7) is 9.97. The summed E-state index contributed by atoms with van der Waals surface area (Å²) in [4.78, 5) is 45.6. The highest BCUT2D eigenvalue weighted by Crippen LogP contribution is 2.42. The number of ether oxygens (including phenoxy) is 1. The fourth-order valence-corrected chi connectivity index (χ4v) is 6.05. The van der Waals surface area contributed by atoms with E-state index in [1.807, 2.05) is 32.9 Å². The second-order valence-corrected chi connectivity index (χ2v) is 11.5. The molecule has 9 nitrogen and oxygen atoms in total. The molecule has 1 aliphatic carbocycles. The van der Waals surface area contributed by atoms with Gasteiger partial charge in [0.1, 0.15) is 18.8 Å². The highest BCUT2D eigenvalue weighted by molar-refractivity contribution is 5.99. The lowest BCUT2D eigenvalue weighted by atomic mass is 9.73. The predicted molar refractivity (Wildman–Crippen MR) is 132 cm³/mol. The van der Waals surface area contributed by atoms with Gasteiger partial charge in [0.25, 0.3) is 0 Å². The second kappa shape index (κ2) is 8.87. The Morgan fingerprint density at radius 3 is 2.40 bits per heavy atom. The van der Waals surface area contributed by atoms with E-state index >= 15 is 0 Å². The minimum atomic E-state index is -0.669. The maximum atomic E-state index is 14.1. The van der Waals surface area contributed by atoms with Crippen molar-refractivity contribution in [3.8, 4) is 0 Å². The van der Waals surface area contributed by atoms with Crippen LogP contribution < -0.4 is 16.4 Å². The van der Waals surface area contributed by atoms with Crippen LogP contribution in [0.2, 0.25) is 0 Å². The number of amides is 2. The fraction of sp³-hybridized carbons (Fsp3) is 0.654. The first-order chi connectivity index (χ1) is 16.6. The molecule has 35 heavy (non-hydrogen) atoms. The van der Waals surface area contributed by atoms with E-state index in [9.17, 15) is 14.4 Å². The standard InChI is InChI=1S/C26H37N5O4/c1-26(2,3)21(25(34)31-13-19(27)23-22(31)20(32)14-35-23)18-12-16(6-7-17(18)24(28)33)30-10-8-29(9-11-30)15-4-5-15/h6-7,12,15,19,21-23H,4-5,8-11,13-14,27H2,1-3H3,(H2,28,33)/t19-,21-,22+,23+/m0/s1. The largest absolute Gasteiger partial charge is 0.369 e. The average Bonchev–Trinajstić information content (AvgIpc) is 3.50. The van der Waals surface area contributed by atoms with E-state index in [2.05, 4.69) is 9.80 Å². The van der Waals surface area contributed by atoms with Crippen LogP contribution >= 0.6 is 0 Å². The number of nitrogens with two attached hydrogens (primary N) is 2. The summed E-state index contributed by atoms with van der Waals surface area (Å²) >= 11 is 0. The summed E-state index contributed by atoms with van der Waals surface area (Å²) in [5.74, 6) is -1.57. The van der Waals surface area contributed by atoms with Crippen molar-refractivity contribution in [1.29, 1.82) is 0 Å². The number of anilines is 1. The van der Waals surface area contributed by atoms with Gasteiger partial charge in [0.15, 0.2) is 5.78 Å². The molecule has 1 saturated carbocycles. The van der Waals surface area contributed by atoms with Gasteiger partial charge in [-0.3, -0.25) is 19.3 Å². The number of rotatable bonds is 5. The van der Waals surface area contributed by atoms with Gasteiger partial charge in [-0.05, 0) is 42.0 Å². The Hall–Kier alpha value is -2.49. The Kier molecular flexibility index (Phi) is 6.14. The molecule has 3 aliphatic heterocycles. The molecule has 190 valence electrons. The third kappa shape index (κ3) is 4.45. The smallest absolute Gasteiger partial charge is 0.249 e. The summed E-state index contributed by atoms with van der Waals surface area (Å²) in [6.07, 6.45) is 2.11. The third-order valence-electron chi connectivity index (χ3n) is 7.97. The predicted octanol–water partition coefficient (Wildman–Crippen LogP) is 0.706. The molecule has 4 fully saturated rings. The van der Waals surface area contributed by atoms with Crippen molar-refractivity contribution in [2.45, 2.75) is 63.8 Å². The molecule has 0 aromatic heterocycles. The molecule has 4 aliphatic rings. The molecule has 4 atom stereocenters. The van der Waals surface area contributed by atoms with Crippen LogP contribution in [0.25, 0.3) is 0 Å². The molecule has 5 rings (SSSR count). The summed E-state index contributed by atoms with van der Waals surface area (Å²) in [6, 6.07) is 5.29. The Morgan fingerprint density at radius 1 is 1.11 bits per heavy atom. The normalized spacial score (nSPS) is 28.3. The van der Waals surface area contributed by atoms with Gasteiger partial charge in [0.05, 0.1) is 12.0 Å². The maximum absolute atomic E-state index is 14.1. The van der Waals surface area contributed by atoms with E-state index < -0.39 is 35.4 Å². The average molecular weight is 484 g/mol. The van der Waals surface area contributed by atoms with Crippen molar-refractivity contribution < 1.29 is 19.1 Å². The quantitative estimate of drug-likeness (QED) is 0.632. The Bertz CT molecular complexity index is 1030. The molecule has 1 aromatic carbocycles. The topological polar surface area (TPSA) is 122 Å². The van der Waals surface area contributed by atoms with E-state index in [0.29, 0.717) is 11.1 Å². The molecule has 0 spiro atoms. The van der Waals surface area contributed by atoms with Crippen LogP contribution in [0.15, 0.2) is 18.2 Å². The minimum absolute atomic E-state index is 0.0259. The van der Waals surface area contributed by atoms with Crippen molar-refractivity contribution in [3.63, 3.8) is 0 Å². The van der Waals surface area contributed by atoms with Crippen molar-refractivity contribution in [3.05, 3.63) is 29.3 Å². The number of nitrogens with zero attached hydrogens (tertiary/aromatic N) is 3. The lowest BCUT2D eigenvalue weighted by molar-refractivity contribution is -0.139. The maximum Gasteiger partial charge on any atom is 0.249 e. The Morgan fingerprint density at radius 2 is 1.80 bits per heavy atom. The lowest BCUT2D eigenvalue weighted by Crippen LogP contribution is -2.48. The molecular formula is C26H37N5O4. The SMILES string of the molecule is CC(C)(C)[C@H](C(=O)N1C[C@H](N)[C@H]2OCC(=O)[C@H]21)c1cc(N2CCN(C3CC3)CC2)ccc1C(N)=O. The highest BCUT2D eigenvalue weighted by Gasteiger charge is 2.53. The van der Waals surface area contributed by atoms with Gasteiger partial charge in [0, 0.05) is 50.0 Å². The number of carbonyl (C=O) groups excluding carboxylic acids is 3. The van der Waals surface area contributed by atoms with Gasteiger partial charge in [-0.15, -0.1) is 0 Å². The fourth-order valence-electron chi connectivity index (χ4n) is 6.05. The second-order valence-electron chi connectivity index (χ2n) is 11.5.